The van der Waals surface area contributed by atoms with E-state index in [1.807, 2.05) is 23.1 Å². The molecule has 27 heavy (non-hydrogen) atoms. The molecule has 1 aromatic carbocycles. The molecule has 6 heteroatoms. The minimum atomic E-state index is -0.936. The minimum Gasteiger partial charge on any atom is -0.478 e. The largest absolute Gasteiger partial charge is 0.478 e. The highest BCUT2D eigenvalue weighted by Gasteiger charge is 2.34. The number of amides is 1. The van der Waals surface area contributed by atoms with Crippen molar-refractivity contribution in [1.29, 1.82) is 0 Å². The summed E-state index contributed by atoms with van der Waals surface area (Å²) < 4.78 is 0. The normalized spacial score (nSPS) is 22.5. The fourth-order valence-corrected chi connectivity index (χ4v) is 5.00. The van der Waals surface area contributed by atoms with Gasteiger partial charge in [-0.3, -0.25) is 4.79 Å². The van der Waals surface area contributed by atoms with Crippen LogP contribution in [-0.4, -0.2) is 50.3 Å². The first kappa shape index (κ1) is 20.0. The van der Waals surface area contributed by atoms with Crippen LogP contribution >= 0.6 is 11.8 Å². The number of aromatic carboxylic acids is 1. The summed E-state index contributed by atoms with van der Waals surface area (Å²) in [6.07, 6.45) is 10.3. The van der Waals surface area contributed by atoms with Crippen LogP contribution in [0.15, 0.2) is 30.3 Å². The number of carboxylic acid groups (broad SMARTS) is 1. The van der Waals surface area contributed by atoms with E-state index >= 15 is 0 Å². The second-order valence-corrected chi connectivity index (χ2v) is 8.62. The average Bonchev–Trinajstić information content (AvgIpc) is 3.01. The number of nitrogens with zero attached hydrogens (tertiary/aromatic N) is 1. The first-order valence-corrected chi connectivity index (χ1v) is 10.7. The monoisotopic (exact) mass is 389 g/mol. The maximum atomic E-state index is 12.2. The van der Waals surface area contributed by atoms with Crippen molar-refractivity contribution in [3.8, 4) is 0 Å². The highest BCUT2D eigenvalue weighted by atomic mass is 32.2. The van der Waals surface area contributed by atoms with Gasteiger partial charge < -0.3 is 15.1 Å². The Bertz CT molecular complexity index is 712. The SMILES string of the molecule is O=C(O)c1cccc(/C=C\CC2SCC(=O)N2CCC2(O)CCCCC2)c1. The third-order valence-electron chi connectivity index (χ3n) is 5.45. The molecule has 3 rings (SSSR count). The van der Waals surface area contributed by atoms with Gasteiger partial charge in [-0.25, -0.2) is 4.79 Å². The van der Waals surface area contributed by atoms with Crippen LogP contribution in [0, 0.1) is 0 Å². The van der Waals surface area contributed by atoms with Crippen LogP contribution in [0.4, 0.5) is 0 Å². The summed E-state index contributed by atoms with van der Waals surface area (Å²) in [6.45, 7) is 0.606. The van der Waals surface area contributed by atoms with Gasteiger partial charge in [0.25, 0.3) is 0 Å². The van der Waals surface area contributed by atoms with E-state index in [-0.39, 0.29) is 16.8 Å². The number of aliphatic hydroxyl groups is 1. The zero-order valence-corrected chi connectivity index (χ0v) is 16.3. The van der Waals surface area contributed by atoms with E-state index in [1.54, 1.807) is 30.0 Å². The molecule has 1 aliphatic carbocycles. The van der Waals surface area contributed by atoms with Gasteiger partial charge in [-0.1, -0.05) is 43.5 Å². The Balaban J connectivity index is 1.56. The van der Waals surface area contributed by atoms with E-state index in [4.69, 9.17) is 5.11 Å². The van der Waals surface area contributed by atoms with Crippen LogP contribution in [0.3, 0.4) is 0 Å². The first-order chi connectivity index (χ1) is 13.0. The molecule has 0 spiro atoms. The number of benzene rings is 1. The van der Waals surface area contributed by atoms with Crippen molar-refractivity contribution in [2.45, 2.75) is 55.9 Å². The molecule has 5 nitrogen and oxygen atoms in total. The van der Waals surface area contributed by atoms with E-state index in [9.17, 15) is 14.7 Å². The van der Waals surface area contributed by atoms with Gasteiger partial charge >= 0.3 is 5.97 Å². The molecule has 2 fully saturated rings. The Hall–Kier alpha value is -1.79. The van der Waals surface area contributed by atoms with Gasteiger partial charge in [-0.2, -0.15) is 0 Å². The van der Waals surface area contributed by atoms with Gasteiger partial charge in [0, 0.05) is 6.54 Å². The first-order valence-electron chi connectivity index (χ1n) is 9.60. The van der Waals surface area contributed by atoms with Crippen LogP contribution in [0.25, 0.3) is 6.08 Å². The number of rotatable bonds is 7. The molecule has 1 saturated carbocycles. The van der Waals surface area contributed by atoms with Crippen molar-refractivity contribution in [2.75, 3.05) is 12.3 Å². The molecule has 2 N–H and O–H groups in total. The van der Waals surface area contributed by atoms with Crippen LogP contribution in [0.5, 0.6) is 0 Å². The Kier molecular flexibility index (Phi) is 6.60. The van der Waals surface area contributed by atoms with Crippen molar-refractivity contribution in [3.63, 3.8) is 0 Å². The molecule has 1 aliphatic heterocycles. The van der Waals surface area contributed by atoms with E-state index < -0.39 is 11.6 Å². The predicted octanol–water partition coefficient (Wildman–Crippen LogP) is 3.77. The third kappa shape index (κ3) is 5.36. The topological polar surface area (TPSA) is 77.8 Å². The Labute approximate surface area is 164 Å². The lowest BCUT2D eigenvalue weighted by atomic mass is 9.82. The van der Waals surface area contributed by atoms with Gasteiger partial charge in [0.2, 0.25) is 5.91 Å². The molecule has 1 atom stereocenters. The third-order valence-corrected chi connectivity index (χ3v) is 6.70. The van der Waals surface area contributed by atoms with Crippen LogP contribution in [0.1, 0.15) is 60.9 Å². The molecule has 146 valence electrons. The summed E-state index contributed by atoms with van der Waals surface area (Å²) >= 11 is 1.64. The van der Waals surface area contributed by atoms with E-state index in [1.165, 1.54) is 6.42 Å². The van der Waals surface area contributed by atoms with Gasteiger partial charge in [0.15, 0.2) is 0 Å². The van der Waals surface area contributed by atoms with E-state index in [0.29, 0.717) is 25.1 Å². The summed E-state index contributed by atoms with van der Waals surface area (Å²) in [5.41, 5.74) is 0.501. The number of carboxylic acids is 1. The van der Waals surface area contributed by atoms with Crippen molar-refractivity contribution in [1.82, 2.24) is 4.90 Å². The summed E-state index contributed by atoms with van der Waals surface area (Å²) in [5, 5.41) is 19.8. The van der Waals surface area contributed by atoms with E-state index in [0.717, 1.165) is 31.2 Å². The zero-order chi connectivity index (χ0) is 19.3. The van der Waals surface area contributed by atoms with E-state index in [2.05, 4.69) is 0 Å². The highest BCUT2D eigenvalue weighted by molar-refractivity contribution is 8.01. The number of carbonyl (C=O) groups excluding carboxylic acids is 1. The molecule has 0 aromatic heterocycles. The summed E-state index contributed by atoms with van der Waals surface area (Å²) in [5.74, 6) is -0.300. The van der Waals surface area contributed by atoms with Crippen LogP contribution in [0.2, 0.25) is 0 Å². The second-order valence-electron chi connectivity index (χ2n) is 7.46. The lowest BCUT2D eigenvalue weighted by Gasteiger charge is -2.34. The molecular weight excluding hydrogens is 362 g/mol. The zero-order valence-electron chi connectivity index (χ0n) is 15.5. The van der Waals surface area contributed by atoms with Gasteiger partial charge in [0.05, 0.1) is 22.3 Å². The number of thioether (sulfide) groups is 1. The maximum absolute atomic E-state index is 12.2. The summed E-state index contributed by atoms with van der Waals surface area (Å²) in [7, 11) is 0. The molecule has 0 radical (unpaired) electrons. The number of carbonyl (C=O) groups is 2. The molecule has 1 unspecified atom stereocenters. The molecule has 1 amide bonds. The second kappa shape index (κ2) is 8.93. The Morgan fingerprint density at radius 1 is 1.30 bits per heavy atom. The molecule has 2 aliphatic rings. The number of hydrogen-bond acceptors (Lipinski definition) is 4. The quantitative estimate of drug-likeness (QED) is 0.742. The lowest BCUT2D eigenvalue weighted by Crippen LogP contribution is -2.40. The van der Waals surface area contributed by atoms with Crippen molar-refractivity contribution in [2.24, 2.45) is 0 Å². The van der Waals surface area contributed by atoms with Gasteiger partial charge in [0.1, 0.15) is 0 Å². The summed E-state index contributed by atoms with van der Waals surface area (Å²) in [6, 6.07) is 6.81. The van der Waals surface area contributed by atoms with Crippen molar-refractivity contribution in [3.05, 3.63) is 41.5 Å². The molecule has 1 saturated heterocycles. The van der Waals surface area contributed by atoms with Crippen LogP contribution in [-0.2, 0) is 4.79 Å². The fourth-order valence-electron chi connectivity index (χ4n) is 3.85. The minimum absolute atomic E-state index is 0.0867. The fraction of sp³-hybridized carbons (Fsp3) is 0.524. The molecule has 0 bridgehead atoms. The van der Waals surface area contributed by atoms with Crippen molar-refractivity contribution < 1.29 is 19.8 Å². The van der Waals surface area contributed by atoms with Crippen molar-refractivity contribution >= 4 is 29.7 Å². The number of hydrogen-bond donors (Lipinski definition) is 2. The molecular formula is C21H27NO4S. The van der Waals surface area contributed by atoms with Gasteiger partial charge in [-0.15, -0.1) is 11.8 Å². The highest BCUT2D eigenvalue weighted by Crippen LogP contribution is 2.34. The average molecular weight is 390 g/mol. The Morgan fingerprint density at radius 3 is 2.81 bits per heavy atom. The molecule has 1 heterocycles. The van der Waals surface area contributed by atoms with Gasteiger partial charge in [-0.05, 0) is 43.4 Å². The lowest BCUT2D eigenvalue weighted by molar-refractivity contribution is -0.128. The predicted molar refractivity (Wildman–Crippen MR) is 108 cm³/mol. The molecule has 1 aromatic rings. The Morgan fingerprint density at radius 2 is 2.07 bits per heavy atom. The standard InChI is InChI=1S/C21H27NO4S/c23-18-15-27-19(22(18)13-12-21(26)10-2-1-3-11-21)9-5-7-16-6-4-8-17(14-16)20(24)25/h4-8,14,19,26H,1-3,9-13,15H2,(H,24,25)/b7-5-. The smallest absolute Gasteiger partial charge is 0.335 e. The maximum Gasteiger partial charge on any atom is 0.335 e. The summed E-state index contributed by atoms with van der Waals surface area (Å²) in [4.78, 5) is 25.2. The van der Waals surface area contributed by atoms with Crippen LogP contribution < -0.4 is 0 Å².